The number of hydrogen-bond donors (Lipinski definition) is 8. The predicted molar refractivity (Wildman–Crippen MR) is 261 cm³/mol. The zero-order valence-corrected chi connectivity index (χ0v) is 41.6. The van der Waals surface area contributed by atoms with Crippen LogP contribution in [0, 0.1) is 0 Å². The van der Waals surface area contributed by atoms with Crippen LogP contribution < -0.4 is 0 Å². The summed E-state index contributed by atoms with van der Waals surface area (Å²) < 4.78 is 49.2. The van der Waals surface area contributed by atoms with Crippen LogP contribution in [-0.2, 0) is 41.8 Å². The molecule has 1 saturated carbocycles. The normalized spacial score (nSPS) is 22.6. The second kappa shape index (κ2) is 38.6. The number of hydrogen-bond acceptors (Lipinski definition) is 14. The molecule has 0 saturated heterocycles. The first kappa shape index (κ1) is 62.9. The Morgan fingerprint density at radius 2 is 1.09 bits per heavy atom. The molecule has 19 heteroatoms. The van der Waals surface area contributed by atoms with Gasteiger partial charge in [-0.05, 0) is 83.5 Å². The fourth-order valence-corrected chi connectivity index (χ4v) is 8.04. The first-order chi connectivity index (χ1) is 32.5. The zero-order valence-electron chi connectivity index (χ0n) is 39.9. The van der Waals surface area contributed by atoms with Gasteiger partial charge in [-0.2, -0.15) is 0 Å². The molecule has 1 aliphatic rings. The summed E-state index contributed by atoms with van der Waals surface area (Å²) in [6.45, 7) is 2.81. The van der Waals surface area contributed by atoms with Gasteiger partial charge in [-0.25, -0.2) is 9.13 Å². The van der Waals surface area contributed by atoms with E-state index in [1.165, 1.54) is 19.3 Å². The van der Waals surface area contributed by atoms with E-state index in [2.05, 4.69) is 79.1 Å². The van der Waals surface area contributed by atoms with Crippen LogP contribution in [0.5, 0.6) is 0 Å². The summed E-state index contributed by atoms with van der Waals surface area (Å²) >= 11 is 0. The van der Waals surface area contributed by atoms with Crippen molar-refractivity contribution in [1.82, 2.24) is 0 Å². The first-order valence-electron chi connectivity index (χ1n) is 23.9. The predicted octanol–water partition coefficient (Wildman–Crippen LogP) is 8.14. The smallest absolute Gasteiger partial charge is 0.462 e. The van der Waals surface area contributed by atoms with E-state index in [0.29, 0.717) is 25.7 Å². The van der Waals surface area contributed by atoms with Gasteiger partial charge in [0.05, 0.1) is 12.7 Å². The van der Waals surface area contributed by atoms with E-state index in [1.54, 1.807) is 24.3 Å². The topological polar surface area (TPSA) is 276 Å². The number of allylic oxidation sites excluding steroid dienone is 14. The lowest BCUT2D eigenvalue weighted by Gasteiger charge is -2.43. The van der Waals surface area contributed by atoms with Crippen LogP contribution >= 0.6 is 15.6 Å². The van der Waals surface area contributed by atoms with Crippen LogP contribution in [-0.4, -0.2) is 114 Å². The van der Waals surface area contributed by atoms with Crippen LogP contribution in [0.1, 0.15) is 136 Å². The van der Waals surface area contributed by atoms with Crippen LogP contribution in [0.3, 0.4) is 0 Å². The van der Waals surface area contributed by atoms with E-state index in [0.717, 1.165) is 64.2 Å². The van der Waals surface area contributed by atoms with Gasteiger partial charge in [-0.3, -0.25) is 23.2 Å². The van der Waals surface area contributed by atoms with E-state index < -0.39 is 89.6 Å². The van der Waals surface area contributed by atoms with E-state index in [1.807, 2.05) is 12.2 Å². The minimum atomic E-state index is -5.39. The van der Waals surface area contributed by atoms with E-state index >= 15 is 0 Å². The number of unbranched alkanes of at least 4 members (excludes halogenated alkanes) is 8. The molecule has 0 bridgehead atoms. The number of aliphatic hydroxyl groups excluding tert-OH is 5. The lowest BCUT2D eigenvalue weighted by Crippen LogP contribution is -2.64. The molecule has 0 radical (unpaired) electrons. The average Bonchev–Trinajstić information content (AvgIpc) is 3.29. The van der Waals surface area contributed by atoms with Gasteiger partial charge >= 0.3 is 27.6 Å². The van der Waals surface area contributed by atoms with Gasteiger partial charge < -0.3 is 49.7 Å². The molecule has 0 aromatic rings. The number of phosphoric ester groups is 2. The van der Waals surface area contributed by atoms with Crippen molar-refractivity contribution in [2.75, 3.05) is 13.2 Å². The second-order valence-corrected chi connectivity index (χ2v) is 18.9. The third-order valence-corrected chi connectivity index (χ3v) is 11.7. The first-order valence-corrected chi connectivity index (χ1v) is 26.9. The molecule has 8 N–H and O–H groups in total. The lowest BCUT2D eigenvalue weighted by molar-refractivity contribution is -0.216. The third kappa shape index (κ3) is 32.6. The Morgan fingerprint density at radius 1 is 0.559 bits per heavy atom. The molecule has 17 nitrogen and oxygen atoms in total. The number of rotatable bonds is 38. The van der Waals surface area contributed by atoms with Gasteiger partial charge in [0, 0.05) is 12.8 Å². The second-order valence-electron chi connectivity index (χ2n) is 16.3. The fraction of sp³-hybridized carbons (Fsp3) is 0.633. The highest BCUT2D eigenvalue weighted by Crippen LogP contribution is 2.49. The van der Waals surface area contributed by atoms with Crippen molar-refractivity contribution >= 4 is 27.6 Å². The minimum absolute atomic E-state index is 0.0575. The maximum absolute atomic E-state index is 13.0. The van der Waals surface area contributed by atoms with Gasteiger partial charge in [-0.1, -0.05) is 137 Å². The molecule has 1 fully saturated rings. The number of carbonyl (C=O) groups is 2. The van der Waals surface area contributed by atoms with Gasteiger partial charge in [0.25, 0.3) is 0 Å². The Bertz CT molecular complexity index is 1700. The van der Waals surface area contributed by atoms with Gasteiger partial charge in [-0.15, -0.1) is 0 Å². The molecule has 0 spiro atoms. The average molecular weight is 1000 g/mol. The van der Waals surface area contributed by atoms with Gasteiger partial charge in [0.15, 0.2) is 6.10 Å². The molecule has 0 aliphatic heterocycles. The van der Waals surface area contributed by atoms with Gasteiger partial charge in [0.1, 0.15) is 43.2 Å². The summed E-state index contributed by atoms with van der Waals surface area (Å²) in [4.78, 5) is 54.3. The molecule has 68 heavy (non-hydrogen) atoms. The Balaban J connectivity index is 2.69. The SMILES string of the molecule is CC/C=C\C/C=C\C/C=C\C/C=C\CCCCCCC(=O)OC[C@H](COP(=O)(O)O[C@H]1C(O)C(O)C(O)[C@@H](OP(=O)(O)O)C1O)OC(=O)CCC/C=C/C=C\C(O)C/C=C\C/C=C\CCCCC. The number of phosphoric acid groups is 2. The molecular formula is C49H80O17P2. The summed E-state index contributed by atoms with van der Waals surface area (Å²) in [5.74, 6) is -1.37. The molecule has 0 heterocycles. The molecule has 1 aliphatic carbocycles. The van der Waals surface area contributed by atoms with E-state index in [-0.39, 0.29) is 12.8 Å². The third-order valence-electron chi connectivity index (χ3n) is 10.2. The summed E-state index contributed by atoms with van der Waals surface area (Å²) in [7, 11) is -10.7. The Labute approximate surface area is 403 Å². The Morgan fingerprint density at radius 3 is 1.69 bits per heavy atom. The van der Waals surface area contributed by atoms with Gasteiger partial charge in [0.2, 0.25) is 0 Å². The number of esters is 2. The fourth-order valence-electron chi connectivity index (χ4n) is 6.50. The summed E-state index contributed by atoms with van der Waals surface area (Å²) in [5.41, 5.74) is 0. The molecule has 1 rings (SSSR count). The van der Waals surface area contributed by atoms with Crippen molar-refractivity contribution in [3.63, 3.8) is 0 Å². The molecule has 388 valence electrons. The van der Waals surface area contributed by atoms with Crippen molar-refractivity contribution in [2.24, 2.45) is 0 Å². The number of aliphatic hydroxyl groups is 5. The van der Waals surface area contributed by atoms with E-state index in [9.17, 15) is 58.9 Å². The molecule has 6 unspecified atom stereocenters. The van der Waals surface area contributed by atoms with Crippen molar-refractivity contribution in [3.8, 4) is 0 Å². The summed E-state index contributed by atoms with van der Waals surface area (Å²) in [5, 5.41) is 51.4. The van der Waals surface area contributed by atoms with Crippen LogP contribution in [0.15, 0.2) is 97.2 Å². The highest BCUT2D eigenvalue weighted by Gasteiger charge is 2.54. The molecule has 9 atom stereocenters. The summed E-state index contributed by atoms with van der Waals surface area (Å²) in [6, 6.07) is 0. The standard InChI is InChI=1S/C49H80O17P2/c1-3-5-7-9-11-13-14-15-16-17-18-19-20-22-24-28-32-36-42(51)62-38-41(39-63-68(60,61)66-49-46(55)44(53)45(54)48(47(49)56)65-67(57,58)59)64-43(52)37-33-29-25-27-31-35-40(50)34-30-26-23-21-12-10-8-6-4-2/h5,7,11-13,15-16,18-19,21,25-27,30-31,35,40-41,44-50,53-56H,3-4,6,8-10,14,17,20,22-24,28-29,32-34,36-39H2,1-2H3,(H,60,61)(H2,57,58,59)/b7-5-,13-11-,16-15-,19-18-,21-12-,27-25+,30-26-,35-31-/t40?,41-,44?,45?,46?,47?,48-,49+/m1/s1. The quantitative estimate of drug-likeness (QED) is 0.00953. The maximum atomic E-state index is 13.0. The highest BCUT2D eigenvalue weighted by molar-refractivity contribution is 7.47. The van der Waals surface area contributed by atoms with Crippen molar-refractivity contribution in [2.45, 2.75) is 185 Å². The maximum Gasteiger partial charge on any atom is 0.472 e. The molecule has 0 aromatic heterocycles. The number of ether oxygens (including phenoxy) is 2. The minimum Gasteiger partial charge on any atom is -0.462 e. The largest absolute Gasteiger partial charge is 0.472 e. The van der Waals surface area contributed by atoms with Crippen molar-refractivity contribution in [1.29, 1.82) is 0 Å². The number of carbonyl (C=O) groups excluding carboxylic acids is 2. The van der Waals surface area contributed by atoms with Crippen molar-refractivity contribution < 1.29 is 82.0 Å². The van der Waals surface area contributed by atoms with Crippen LogP contribution in [0.25, 0.3) is 0 Å². The van der Waals surface area contributed by atoms with Crippen molar-refractivity contribution in [3.05, 3.63) is 97.2 Å². The highest BCUT2D eigenvalue weighted by atomic mass is 31.2. The molecular weight excluding hydrogens is 922 g/mol. The molecule has 0 amide bonds. The molecule has 0 aromatic carbocycles. The Hall–Kier alpha value is -3.12. The summed E-state index contributed by atoms with van der Waals surface area (Å²) in [6.07, 6.45) is 31.0. The zero-order chi connectivity index (χ0) is 50.5. The Kier molecular flexibility index (Phi) is 35.7. The van der Waals surface area contributed by atoms with Crippen LogP contribution in [0.4, 0.5) is 0 Å². The monoisotopic (exact) mass is 1000 g/mol. The van der Waals surface area contributed by atoms with E-state index in [4.69, 9.17) is 18.5 Å². The van der Waals surface area contributed by atoms with Crippen LogP contribution in [0.2, 0.25) is 0 Å². The lowest BCUT2D eigenvalue weighted by atomic mass is 9.85.